The number of aromatic nitrogens is 4. The van der Waals surface area contributed by atoms with Crippen LogP contribution >= 0.6 is 27.7 Å². The fourth-order valence-corrected chi connectivity index (χ4v) is 4.45. The van der Waals surface area contributed by atoms with Gasteiger partial charge in [-0.05, 0) is 42.8 Å². The first-order valence-electron chi connectivity index (χ1n) is 7.28. The van der Waals surface area contributed by atoms with Gasteiger partial charge in [0.2, 0.25) is 0 Å². The molecule has 1 aliphatic heterocycles. The van der Waals surface area contributed by atoms with Crippen LogP contribution in [0.15, 0.2) is 50.7 Å². The number of nitrogens with zero attached hydrogens (tertiary/aromatic N) is 4. The van der Waals surface area contributed by atoms with Crippen LogP contribution in [-0.2, 0) is 6.42 Å². The highest BCUT2D eigenvalue weighted by Gasteiger charge is 2.23. The lowest BCUT2D eigenvalue weighted by atomic mass is 10.1. The van der Waals surface area contributed by atoms with Gasteiger partial charge in [0, 0.05) is 27.2 Å². The first kappa shape index (κ1) is 14.7. The lowest BCUT2D eigenvalue weighted by Gasteiger charge is -2.33. The zero-order valence-electron chi connectivity index (χ0n) is 12.5. The molecular weight excluding hydrogens is 374 g/mol. The first-order valence-corrected chi connectivity index (χ1v) is 8.89. The van der Waals surface area contributed by atoms with Crippen LogP contribution in [0.25, 0.3) is 0 Å². The molecular formula is C16H14BrN5S. The number of rotatable bonds is 3. The number of aryl methyl sites for hydroxylation is 1. The summed E-state index contributed by atoms with van der Waals surface area (Å²) in [6.45, 7) is 2.94. The SMILES string of the molecule is Cc1ccc2c(c1)Sc1cc(Br)ccc1N2CCc1nn[nH]n1. The number of anilines is 2. The highest BCUT2D eigenvalue weighted by molar-refractivity contribution is 9.10. The number of H-pyrrole nitrogens is 1. The Hall–Kier alpha value is -1.86. The number of benzene rings is 2. The highest BCUT2D eigenvalue weighted by Crippen LogP contribution is 2.49. The highest BCUT2D eigenvalue weighted by atomic mass is 79.9. The van der Waals surface area contributed by atoms with Gasteiger partial charge in [-0.3, -0.25) is 0 Å². The molecule has 2 aromatic carbocycles. The molecule has 0 bridgehead atoms. The van der Waals surface area contributed by atoms with Crippen molar-refractivity contribution in [2.24, 2.45) is 0 Å². The maximum atomic E-state index is 4.05. The molecule has 23 heavy (non-hydrogen) atoms. The number of halogens is 1. The van der Waals surface area contributed by atoms with E-state index in [9.17, 15) is 0 Å². The van der Waals surface area contributed by atoms with Crippen molar-refractivity contribution in [2.45, 2.75) is 23.1 Å². The third-order valence-electron chi connectivity index (χ3n) is 3.79. The van der Waals surface area contributed by atoms with Gasteiger partial charge in [0.05, 0.1) is 11.4 Å². The monoisotopic (exact) mass is 387 g/mol. The van der Waals surface area contributed by atoms with Crippen LogP contribution in [0.3, 0.4) is 0 Å². The number of tetrazole rings is 1. The Kier molecular flexibility index (Phi) is 3.82. The smallest absolute Gasteiger partial charge is 0.176 e. The molecule has 4 rings (SSSR count). The van der Waals surface area contributed by atoms with Gasteiger partial charge in [0.15, 0.2) is 5.82 Å². The predicted molar refractivity (Wildman–Crippen MR) is 94.3 cm³/mol. The van der Waals surface area contributed by atoms with Crippen LogP contribution in [-0.4, -0.2) is 27.2 Å². The van der Waals surface area contributed by atoms with Crippen molar-refractivity contribution in [3.8, 4) is 0 Å². The van der Waals surface area contributed by atoms with Gasteiger partial charge in [-0.1, -0.05) is 39.0 Å². The zero-order valence-corrected chi connectivity index (χ0v) is 14.9. The lowest BCUT2D eigenvalue weighted by Crippen LogP contribution is -2.23. The van der Waals surface area contributed by atoms with Crippen molar-refractivity contribution in [1.29, 1.82) is 0 Å². The summed E-state index contributed by atoms with van der Waals surface area (Å²) >= 11 is 5.39. The molecule has 0 spiro atoms. The van der Waals surface area contributed by atoms with Crippen LogP contribution in [0, 0.1) is 6.92 Å². The zero-order chi connectivity index (χ0) is 15.8. The maximum absolute atomic E-state index is 4.05. The van der Waals surface area contributed by atoms with E-state index in [-0.39, 0.29) is 0 Å². The molecule has 116 valence electrons. The van der Waals surface area contributed by atoms with E-state index in [4.69, 9.17) is 0 Å². The number of aromatic amines is 1. The topological polar surface area (TPSA) is 57.7 Å². The Morgan fingerprint density at radius 3 is 2.70 bits per heavy atom. The molecule has 1 aromatic heterocycles. The Morgan fingerprint density at radius 1 is 1.13 bits per heavy atom. The second-order valence-electron chi connectivity index (χ2n) is 5.41. The minimum absolute atomic E-state index is 0.732. The quantitative estimate of drug-likeness (QED) is 0.732. The van der Waals surface area contributed by atoms with E-state index in [1.807, 2.05) is 11.8 Å². The largest absolute Gasteiger partial charge is 0.339 e. The fourth-order valence-electron chi connectivity index (χ4n) is 2.71. The van der Waals surface area contributed by atoms with E-state index in [0.717, 1.165) is 23.3 Å². The third kappa shape index (κ3) is 2.86. The number of hydrogen-bond donors (Lipinski definition) is 1. The summed E-state index contributed by atoms with van der Waals surface area (Å²) in [5.41, 5.74) is 3.73. The molecule has 0 saturated carbocycles. The molecule has 2 heterocycles. The van der Waals surface area contributed by atoms with E-state index in [0.29, 0.717) is 0 Å². The Bertz CT molecular complexity index is 798. The molecule has 0 saturated heterocycles. The minimum Gasteiger partial charge on any atom is -0.339 e. The minimum atomic E-state index is 0.732. The molecule has 3 aromatic rings. The second-order valence-corrected chi connectivity index (χ2v) is 7.41. The number of fused-ring (bicyclic) bond motifs is 2. The molecule has 0 atom stereocenters. The number of hydrogen-bond acceptors (Lipinski definition) is 5. The van der Waals surface area contributed by atoms with Gasteiger partial charge in [-0.15, -0.1) is 10.2 Å². The van der Waals surface area contributed by atoms with Crippen molar-refractivity contribution in [3.63, 3.8) is 0 Å². The molecule has 1 aliphatic rings. The Balaban J connectivity index is 1.74. The average Bonchev–Trinajstić information content (AvgIpc) is 3.04. The lowest BCUT2D eigenvalue weighted by molar-refractivity contribution is 0.833. The summed E-state index contributed by atoms with van der Waals surface area (Å²) in [5, 5.41) is 14.3. The molecule has 5 nitrogen and oxygen atoms in total. The van der Waals surface area contributed by atoms with Crippen molar-refractivity contribution < 1.29 is 0 Å². The van der Waals surface area contributed by atoms with Crippen molar-refractivity contribution in [3.05, 3.63) is 52.3 Å². The molecule has 0 aliphatic carbocycles. The second kappa shape index (κ2) is 5.98. The summed E-state index contributed by atoms with van der Waals surface area (Å²) < 4.78 is 1.10. The van der Waals surface area contributed by atoms with Gasteiger partial charge in [-0.25, -0.2) is 0 Å². The summed E-state index contributed by atoms with van der Waals surface area (Å²) in [6, 6.07) is 13.0. The molecule has 0 fully saturated rings. The Labute approximate surface area is 146 Å². The molecule has 7 heteroatoms. The van der Waals surface area contributed by atoms with Crippen molar-refractivity contribution >= 4 is 39.1 Å². The van der Waals surface area contributed by atoms with Crippen LogP contribution < -0.4 is 4.90 Å². The standard InChI is InChI=1S/C16H14BrN5S/c1-10-2-4-12-14(8-10)23-15-9-11(17)3-5-13(15)22(12)7-6-16-18-20-21-19-16/h2-5,8-9H,6-7H2,1H3,(H,18,19,20,21). The van der Waals surface area contributed by atoms with Crippen LogP contribution in [0.2, 0.25) is 0 Å². The third-order valence-corrected chi connectivity index (χ3v) is 5.37. The van der Waals surface area contributed by atoms with Crippen LogP contribution in [0.4, 0.5) is 11.4 Å². The Morgan fingerprint density at radius 2 is 1.91 bits per heavy atom. The van der Waals surface area contributed by atoms with Gasteiger partial charge >= 0.3 is 0 Å². The molecule has 0 amide bonds. The molecule has 0 unspecified atom stereocenters. The maximum Gasteiger partial charge on any atom is 0.176 e. The summed E-state index contributed by atoms with van der Waals surface area (Å²) in [4.78, 5) is 4.87. The predicted octanol–water partition coefficient (Wildman–Crippen LogP) is 4.12. The van der Waals surface area contributed by atoms with Gasteiger partial charge in [0.1, 0.15) is 0 Å². The average molecular weight is 388 g/mol. The van der Waals surface area contributed by atoms with E-state index >= 15 is 0 Å². The van der Waals surface area contributed by atoms with E-state index in [1.165, 1.54) is 26.7 Å². The van der Waals surface area contributed by atoms with Crippen molar-refractivity contribution in [2.75, 3.05) is 11.4 Å². The van der Waals surface area contributed by atoms with E-state index < -0.39 is 0 Å². The molecule has 0 radical (unpaired) electrons. The van der Waals surface area contributed by atoms with Crippen molar-refractivity contribution in [1.82, 2.24) is 20.6 Å². The fraction of sp³-hybridized carbons (Fsp3) is 0.188. The van der Waals surface area contributed by atoms with Gasteiger partial charge in [-0.2, -0.15) is 5.21 Å². The van der Waals surface area contributed by atoms with Crippen LogP contribution in [0.5, 0.6) is 0 Å². The summed E-state index contributed by atoms with van der Waals surface area (Å²) in [6.07, 6.45) is 0.740. The summed E-state index contributed by atoms with van der Waals surface area (Å²) in [7, 11) is 0. The summed E-state index contributed by atoms with van der Waals surface area (Å²) in [5.74, 6) is 0.732. The van der Waals surface area contributed by atoms with Gasteiger partial charge < -0.3 is 4.90 Å². The number of nitrogens with one attached hydrogen (secondary N) is 1. The normalized spacial score (nSPS) is 12.9. The van der Waals surface area contributed by atoms with E-state index in [2.05, 4.69) is 84.8 Å². The molecule has 1 N–H and O–H groups in total. The first-order chi connectivity index (χ1) is 11.2. The van der Waals surface area contributed by atoms with E-state index in [1.54, 1.807) is 0 Å². The van der Waals surface area contributed by atoms with Gasteiger partial charge in [0.25, 0.3) is 0 Å². The van der Waals surface area contributed by atoms with Crippen LogP contribution in [0.1, 0.15) is 11.4 Å².